The molecule has 0 saturated heterocycles. The molecule has 0 aliphatic rings. The van der Waals surface area contributed by atoms with Crippen LogP contribution in [-0.4, -0.2) is 10.3 Å². The SMILES string of the molecule is CC(CCS)CCn1c(=O)ccc2ccccc21. The van der Waals surface area contributed by atoms with Gasteiger partial charge in [-0.2, -0.15) is 12.6 Å². The van der Waals surface area contributed by atoms with E-state index in [1.54, 1.807) is 6.07 Å². The van der Waals surface area contributed by atoms with Gasteiger partial charge in [0.2, 0.25) is 0 Å². The molecule has 1 unspecified atom stereocenters. The van der Waals surface area contributed by atoms with E-state index >= 15 is 0 Å². The highest BCUT2D eigenvalue weighted by molar-refractivity contribution is 7.80. The number of pyridine rings is 1. The minimum atomic E-state index is 0.0896. The number of hydrogen-bond donors (Lipinski definition) is 1. The van der Waals surface area contributed by atoms with E-state index < -0.39 is 0 Å². The zero-order chi connectivity index (χ0) is 13.0. The summed E-state index contributed by atoms with van der Waals surface area (Å²) in [5.41, 5.74) is 1.12. The van der Waals surface area contributed by atoms with E-state index in [1.807, 2.05) is 34.9 Å². The first-order valence-corrected chi connectivity index (χ1v) is 7.05. The minimum Gasteiger partial charge on any atom is -0.308 e. The number of nitrogens with zero attached hydrogens (tertiary/aromatic N) is 1. The first kappa shape index (κ1) is 13.2. The number of benzene rings is 1. The Labute approximate surface area is 113 Å². The molecule has 0 radical (unpaired) electrons. The van der Waals surface area contributed by atoms with Crippen molar-refractivity contribution < 1.29 is 0 Å². The van der Waals surface area contributed by atoms with Gasteiger partial charge in [-0.15, -0.1) is 0 Å². The molecular weight excluding hydrogens is 242 g/mol. The van der Waals surface area contributed by atoms with Gasteiger partial charge < -0.3 is 4.57 Å². The van der Waals surface area contributed by atoms with Crippen LogP contribution >= 0.6 is 12.6 Å². The largest absolute Gasteiger partial charge is 0.308 e. The van der Waals surface area contributed by atoms with Gasteiger partial charge in [0.15, 0.2) is 0 Å². The van der Waals surface area contributed by atoms with Crippen LogP contribution < -0.4 is 5.56 Å². The van der Waals surface area contributed by atoms with Gasteiger partial charge in [-0.3, -0.25) is 4.79 Å². The third kappa shape index (κ3) is 2.96. The molecule has 0 fully saturated rings. The van der Waals surface area contributed by atoms with Crippen LogP contribution in [0.5, 0.6) is 0 Å². The molecule has 18 heavy (non-hydrogen) atoms. The topological polar surface area (TPSA) is 22.0 Å². The zero-order valence-corrected chi connectivity index (χ0v) is 11.6. The van der Waals surface area contributed by atoms with Crippen LogP contribution in [0.3, 0.4) is 0 Å². The number of thiol groups is 1. The van der Waals surface area contributed by atoms with Crippen molar-refractivity contribution >= 4 is 23.5 Å². The third-order valence-electron chi connectivity index (χ3n) is 3.37. The van der Waals surface area contributed by atoms with Crippen LogP contribution in [0.25, 0.3) is 10.9 Å². The molecule has 0 amide bonds. The second-order valence-electron chi connectivity index (χ2n) is 4.79. The molecule has 3 heteroatoms. The Morgan fingerprint density at radius 1 is 1.17 bits per heavy atom. The monoisotopic (exact) mass is 261 g/mol. The number of rotatable bonds is 5. The van der Waals surface area contributed by atoms with Crippen LogP contribution in [0.15, 0.2) is 41.2 Å². The van der Waals surface area contributed by atoms with Crippen LogP contribution in [0, 0.1) is 5.92 Å². The lowest BCUT2D eigenvalue weighted by Crippen LogP contribution is -2.20. The summed E-state index contributed by atoms with van der Waals surface area (Å²) in [5, 5.41) is 1.12. The van der Waals surface area contributed by atoms with Gasteiger partial charge in [-0.1, -0.05) is 25.1 Å². The lowest BCUT2D eigenvalue weighted by molar-refractivity contribution is 0.472. The highest BCUT2D eigenvalue weighted by Gasteiger charge is 2.05. The van der Waals surface area contributed by atoms with Crippen LogP contribution in [-0.2, 0) is 6.54 Å². The zero-order valence-electron chi connectivity index (χ0n) is 10.7. The molecule has 0 spiro atoms. The normalized spacial score (nSPS) is 12.8. The molecule has 2 rings (SSSR count). The van der Waals surface area contributed by atoms with Crippen molar-refractivity contribution in [2.75, 3.05) is 5.75 Å². The lowest BCUT2D eigenvalue weighted by Gasteiger charge is -2.13. The summed E-state index contributed by atoms with van der Waals surface area (Å²) >= 11 is 4.25. The predicted octanol–water partition coefficient (Wildman–Crippen LogP) is 3.35. The van der Waals surface area contributed by atoms with Gasteiger partial charge >= 0.3 is 0 Å². The second-order valence-corrected chi connectivity index (χ2v) is 5.24. The smallest absolute Gasteiger partial charge is 0.251 e. The molecule has 0 N–H and O–H groups in total. The highest BCUT2D eigenvalue weighted by atomic mass is 32.1. The molecule has 0 aliphatic carbocycles. The second kappa shape index (κ2) is 6.10. The summed E-state index contributed by atoms with van der Waals surface area (Å²) < 4.78 is 1.88. The molecule has 96 valence electrons. The summed E-state index contributed by atoms with van der Waals surface area (Å²) in [6.07, 6.45) is 2.12. The number of aryl methyl sites for hydroxylation is 1. The molecular formula is C15H19NOS. The van der Waals surface area contributed by atoms with Gasteiger partial charge in [0.05, 0.1) is 5.52 Å². The van der Waals surface area contributed by atoms with Crippen LogP contribution in [0.2, 0.25) is 0 Å². The molecule has 1 heterocycles. The van der Waals surface area contributed by atoms with E-state index in [2.05, 4.69) is 19.6 Å². The number of aromatic nitrogens is 1. The van der Waals surface area contributed by atoms with E-state index in [1.165, 1.54) is 0 Å². The Kier molecular flexibility index (Phi) is 4.48. The van der Waals surface area contributed by atoms with E-state index in [4.69, 9.17) is 0 Å². The summed E-state index contributed by atoms with van der Waals surface area (Å²) in [7, 11) is 0. The van der Waals surface area contributed by atoms with Gasteiger partial charge in [-0.25, -0.2) is 0 Å². The first-order valence-electron chi connectivity index (χ1n) is 6.42. The van der Waals surface area contributed by atoms with Crippen molar-refractivity contribution in [1.29, 1.82) is 0 Å². The highest BCUT2D eigenvalue weighted by Crippen LogP contribution is 2.14. The van der Waals surface area contributed by atoms with E-state index in [0.29, 0.717) is 5.92 Å². The average molecular weight is 261 g/mol. The average Bonchev–Trinajstić information content (AvgIpc) is 2.38. The Hall–Kier alpha value is -1.22. The standard InChI is InChI=1S/C15H19NOS/c1-12(9-11-18)8-10-16-14-5-3-2-4-13(14)6-7-15(16)17/h2-7,12,18H,8-11H2,1H3. The third-order valence-corrected chi connectivity index (χ3v) is 3.62. The molecule has 1 aromatic heterocycles. The van der Waals surface area contributed by atoms with Crippen molar-refractivity contribution in [2.45, 2.75) is 26.3 Å². The minimum absolute atomic E-state index is 0.0896. The summed E-state index contributed by atoms with van der Waals surface area (Å²) in [6, 6.07) is 11.6. The van der Waals surface area contributed by atoms with Crippen molar-refractivity contribution in [3.63, 3.8) is 0 Å². The molecule has 2 aromatic rings. The maximum atomic E-state index is 12.0. The van der Waals surface area contributed by atoms with Crippen molar-refractivity contribution in [2.24, 2.45) is 5.92 Å². The van der Waals surface area contributed by atoms with Gasteiger partial charge in [0, 0.05) is 12.6 Å². The maximum Gasteiger partial charge on any atom is 0.251 e. The van der Waals surface area contributed by atoms with Crippen molar-refractivity contribution in [3.8, 4) is 0 Å². The number of fused-ring (bicyclic) bond motifs is 1. The van der Waals surface area contributed by atoms with Crippen molar-refractivity contribution in [1.82, 2.24) is 4.57 Å². The molecule has 0 aliphatic heterocycles. The lowest BCUT2D eigenvalue weighted by atomic mass is 10.1. The number of para-hydroxylation sites is 1. The first-order chi connectivity index (χ1) is 8.72. The van der Waals surface area contributed by atoms with Crippen LogP contribution in [0.1, 0.15) is 19.8 Å². The summed E-state index contributed by atoms with van der Waals surface area (Å²) in [4.78, 5) is 12.0. The Bertz CT molecular complexity index is 576. The molecule has 1 aromatic carbocycles. The number of hydrogen-bond acceptors (Lipinski definition) is 2. The maximum absolute atomic E-state index is 12.0. The Morgan fingerprint density at radius 3 is 2.72 bits per heavy atom. The predicted molar refractivity (Wildman–Crippen MR) is 80.5 cm³/mol. The van der Waals surface area contributed by atoms with Gasteiger partial charge in [0.25, 0.3) is 5.56 Å². The fourth-order valence-corrected chi connectivity index (χ4v) is 2.63. The molecule has 0 bridgehead atoms. The van der Waals surface area contributed by atoms with Crippen LogP contribution in [0.4, 0.5) is 0 Å². The molecule has 0 saturated carbocycles. The Morgan fingerprint density at radius 2 is 1.94 bits per heavy atom. The summed E-state index contributed by atoms with van der Waals surface area (Å²) in [6.45, 7) is 3.00. The molecule has 2 nitrogen and oxygen atoms in total. The van der Waals surface area contributed by atoms with Gasteiger partial charge in [0.1, 0.15) is 0 Å². The van der Waals surface area contributed by atoms with E-state index in [-0.39, 0.29) is 5.56 Å². The quantitative estimate of drug-likeness (QED) is 0.819. The fraction of sp³-hybridized carbons (Fsp3) is 0.400. The van der Waals surface area contributed by atoms with E-state index in [9.17, 15) is 4.79 Å². The summed E-state index contributed by atoms with van der Waals surface area (Å²) in [5.74, 6) is 1.51. The van der Waals surface area contributed by atoms with Gasteiger partial charge in [-0.05, 0) is 42.0 Å². The molecule has 1 atom stereocenters. The van der Waals surface area contributed by atoms with E-state index in [0.717, 1.165) is 36.0 Å². The van der Waals surface area contributed by atoms with Crippen molar-refractivity contribution in [3.05, 3.63) is 46.8 Å². The Balaban J connectivity index is 2.26. The fourth-order valence-electron chi connectivity index (χ4n) is 2.19.